The summed E-state index contributed by atoms with van der Waals surface area (Å²) in [6.07, 6.45) is 0.902. The average molecular weight is 283 g/mol. The summed E-state index contributed by atoms with van der Waals surface area (Å²) >= 11 is 3.42. The van der Waals surface area contributed by atoms with Crippen LogP contribution in [0.25, 0.3) is 11.0 Å². The molecule has 1 aliphatic rings. The maximum absolute atomic E-state index is 11.9. The summed E-state index contributed by atoms with van der Waals surface area (Å²) < 4.78 is 8.11. The molecule has 0 saturated carbocycles. The summed E-state index contributed by atoms with van der Waals surface area (Å²) in [5.74, 6) is 0. The van der Waals surface area contributed by atoms with Crippen molar-refractivity contribution in [2.75, 3.05) is 13.2 Å². The predicted molar refractivity (Wildman–Crippen MR) is 64.7 cm³/mol. The number of aromatic amines is 1. The molecule has 0 radical (unpaired) electrons. The Hall–Kier alpha value is -1.07. The average Bonchev–Trinajstić information content (AvgIpc) is 2.83. The van der Waals surface area contributed by atoms with Gasteiger partial charge in [0, 0.05) is 11.1 Å². The molecule has 0 spiro atoms. The maximum atomic E-state index is 11.9. The number of hydrogen-bond donors (Lipinski definition) is 1. The van der Waals surface area contributed by atoms with E-state index in [1.807, 2.05) is 18.2 Å². The summed E-state index contributed by atoms with van der Waals surface area (Å²) in [4.78, 5) is 14.7. The second kappa shape index (κ2) is 3.75. The number of rotatable bonds is 1. The van der Waals surface area contributed by atoms with Crippen LogP contribution in [0.5, 0.6) is 0 Å². The number of aromatic nitrogens is 2. The van der Waals surface area contributed by atoms with E-state index in [2.05, 4.69) is 20.9 Å². The number of imidazole rings is 1. The summed E-state index contributed by atoms with van der Waals surface area (Å²) in [6, 6.07) is 5.96. The van der Waals surface area contributed by atoms with Gasteiger partial charge in [0.2, 0.25) is 0 Å². The molecule has 0 amide bonds. The molecule has 1 N–H and O–H groups in total. The molecule has 1 unspecified atom stereocenters. The molecule has 4 nitrogen and oxygen atoms in total. The summed E-state index contributed by atoms with van der Waals surface area (Å²) in [5.41, 5.74) is 1.76. The van der Waals surface area contributed by atoms with Crippen LogP contribution < -0.4 is 5.69 Å². The zero-order valence-corrected chi connectivity index (χ0v) is 10.2. The molecule has 0 bridgehead atoms. The smallest absolute Gasteiger partial charge is 0.326 e. The van der Waals surface area contributed by atoms with Gasteiger partial charge in [0.1, 0.15) is 0 Å². The normalized spacial score (nSPS) is 20.7. The Balaban J connectivity index is 2.25. The van der Waals surface area contributed by atoms with Crippen molar-refractivity contribution in [2.45, 2.75) is 12.5 Å². The zero-order valence-electron chi connectivity index (χ0n) is 8.57. The van der Waals surface area contributed by atoms with Gasteiger partial charge in [0.25, 0.3) is 0 Å². The molecular formula is C11H11BrN2O2. The third-order valence-electron chi connectivity index (χ3n) is 2.95. The first-order valence-corrected chi connectivity index (χ1v) is 6.02. The highest BCUT2D eigenvalue weighted by atomic mass is 79.9. The van der Waals surface area contributed by atoms with Gasteiger partial charge in [-0.05, 0) is 24.6 Å². The van der Waals surface area contributed by atoms with Crippen LogP contribution in [0, 0.1) is 0 Å². The van der Waals surface area contributed by atoms with Gasteiger partial charge in [-0.1, -0.05) is 15.9 Å². The quantitative estimate of drug-likeness (QED) is 0.870. The van der Waals surface area contributed by atoms with E-state index in [1.165, 1.54) is 0 Å². The summed E-state index contributed by atoms with van der Waals surface area (Å²) in [7, 11) is 0. The van der Waals surface area contributed by atoms with Gasteiger partial charge in [-0.2, -0.15) is 0 Å². The van der Waals surface area contributed by atoms with Gasteiger partial charge < -0.3 is 9.72 Å². The highest BCUT2D eigenvalue weighted by Crippen LogP contribution is 2.24. The zero-order chi connectivity index (χ0) is 11.1. The van der Waals surface area contributed by atoms with E-state index in [0.717, 1.165) is 28.5 Å². The van der Waals surface area contributed by atoms with E-state index in [4.69, 9.17) is 4.74 Å². The number of H-pyrrole nitrogens is 1. The standard InChI is InChI=1S/C11H11BrN2O2/c12-7-1-2-9-10(5-7)14(11(15)13-9)8-3-4-16-6-8/h1-2,5,8H,3-4,6H2,(H,13,15). The number of ether oxygens (including phenoxy) is 1. The van der Waals surface area contributed by atoms with Crippen LogP contribution in [0.1, 0.15) is 12.5 Å². The fourth-order valence-electron chi connectivity index (χ4n) is 2.18. The summed E-state index contributed by atoms with van der Waals surface area (Å²) in [5, 5.41) is 0. The Morgan fingerprint density at radius 2 is 2.38 bits per heavy atom. The molecular weight excluding hydrogens is 272 g/mol. The Labute approximate surface area is 100 Å². The first-order chi connectivity index (χ1) is 7.75. The van der Waals surface area contributed by atoms with Crippen molar-refractivity contribution in [3.8, 4) is 0 Å². The lowest BCUT2D eigenvalue weighted by Crippen LogP contribution is -2.22. The monoisotopic (exact) mass is 282 g/mol. The second-order valence-corrected chi connectivity index (χ2v) is 4.89. The van der Waals surface area contributed by atoms with Crippen LogP contribution in [-0.2, 0) is 4.74 Å². The lowest BCUT2D eigenvalue weighted by Gasteiger charge is -2.09. The minimum atomic E-state index is -0.0522. The molecule has 0 aliphatic carbocycles. The molecule has 3 rings (SSSR count). The first-order valence-electron chi connectivity index (χ1n) is 5.23. The fourth-order valence-corrected chi connectivity index (χ4v) is 2.53. The van der Waals surface area contributed by atoms with Crippen LogP contribution in [0.2, 0.25) is 0 Å². The second-order valence-electron chi connectivity index (χ2n) is 3.98. The lowest BCUT2D eigenvalue weighted by atomic mass is 10.2. The minimum Gasteiger partial charge on any atom is -0.379 e. The topological polar surface area (TPSA) is 47.0 Å². The maximum Gasteiger partial charge on any atom is 0.326 e. The fraction of sp³-hybridized carbons (Fsp3) is 0.364. The lowest BCUT2D eigenvalue weighted by molar-refractivity contribution is 0.186. The van der Waals surface area contributed by atoms with Crippen LogP contribution in [0.4, 0.5) is 0 Å². The molecule has 5 heteroatoms. The highest BCUT2D eigenvalue weighted by molar-refractivity contribution is 9.10. The molecule has 1 atom stereocenters. The molecule has 2 aromatic rings. The Morgan fingerprint density at radius 3 is 3.12 bits per heavy atom. The molecule has 1 fully saturated rings. The van der Waals surface area contributed by atoms with Gasteiger partial charge in [-0.15, -0.1) is 0 Å². The van der Waals surface area contributed by atoms with E-state index in [1.54, 1.807) is 4.57 Å². The van der Waals surface area contributed by atoms with E-state index in [0.29, 0.717) is 6.61 Å². The number of nitrogens with zero attached hydrogens (tertiary/aromatic N) is 1. The number of halogens is 1. The van der Waals surface area contributed by atoms with Crippen molar-refractivity contribution in [3.63, 3.8) is 0 Å². The Morgan fingerprint density at radius 1 is 1.50 bits per heavy atom. The SMILES string of the molecule is O=c1[nH]c2ccc(Br)cc2n1C1CCOC1. The van der Waals surface area contributed by atoms with Gasteiger partial charge in [0.05, 0.1) is 23.7 Å². The molecule has 1 aliphatic heterocycles. The van der Waals surface area contributed by atoms with Gasteiger partial charge in [0.15, 0.2) is 0 Å². The number of fused-ring (bicyclic) bond motifs is 1. The molecule has 84 valence electrons. The highest BCUT2D eigenvalue weighted by Gasteiger charge is 2.21. The molecule has 2 heterocycles. The van der Waals surface area contributed by atoms with Gasteiger partial charge in [-0.3, -0.25) is 4.57 Å². The van der Waals surface area contributed by atoms with Gasteiger partial charge in [-0.25, -0.2) is 4.79 Å². The Kier molecular flexibility index (Phi) is 2.37. The Bertz CT molecular complexity index is 581. The number of hydrogen-bond acceptors (Lipinski definition) is 2. The minimum absolute atomic E-state index is 0.0522. The van der Waals surface area contributed by atoms with Crippen molar-refractivity contribution < 1.29 is 4.74 Å². The third-order valence-corrected chi connectivity index (χ3v) is 3.44. The number of nitrogens with one attached hydrogen (secondary N) is 1. The molecule has 1 aromatic heterocycles. The van der Waals surface area contributed by atoms with Crippen molar-refractivity contribution in [2.24, 2.45) is 0 Å². The van der Waals surface area contributed by atoms with Crippen molar-refractivity contribution in [3.05, 3.63) is 33.2 Å². The van der Waals surface area contributed by atoms with E-state index >= 15 is 0 Å². The molecule has 16 heavy (non-hydrogen) atoms. The van der Waals surface area contributed by atoms with Crippen LogP contribution >= 0.6 is 15.9 Å². The van der Waals surface area contributed by atoms with Gasteiger partial charge >= 0.3 is 5.69 Å². The third kappa shape index (κ3) is 1.51. The van der Waals surface area contributed by atoms with Crippen LogP contribution in [0.15, 0.2) is 27.5 Å². The largest absolute Gasteiger partial charge is 0.379 e. The molecule has 1 saturated heterocycles. The van der Waals surface area contributed by atoms with E-state index in [9.17, 15) is 4.79 Å². The van der Waals surface area contributed by atoms with Crippen LogP contribution in [0.3, 0.4) is 0 Å². The van der Waals surface area contributed by atoms with Crippen molar-refractivity contribution in [1.29, 1.82) is 0 Å². The van der Waals surface area contributed by atoms with Crippen molar-refractivity contribution in [1.82, 2.24) is 9.55 Å². The summed E-state index contributed by atoms with van der Waals surface area (Å²) in [6.45, 7) is 1.36. The van der Waals surface area contributed by atoms with Crippen molar-refractivity contribution >= 4 is 27.0 Å². The number of benzene rings is 1. The molecule has 1 aromatic carbocycles. The van der Waals surface area contributed by atoms with E-state index < -0.39 is 0 Å². The van der Waals surface area contributed by atoms with Crippen LogP contribution in [-0.4, -0.2) is 22.8 Å². The first kappa shape index (κ1) is 10.1. The predicted octanol–water partition coefficient (Wildman–Crippen LogP) is 2.05. The van der Waals surface area contributed by atoms with E-state index in [-0.39, 0.29) is 11.7 Å².